The molecule has 3 rings (SSSR count). The zero-order valence-corrected chi connectivity index (χ0v) is 13.6. The summed E-state index contributed by atoms with van der Waals surface area (Å²) in [5.74, 6) is -0.570. The molecule has 0 fully saturated rings. The standard InChI is InChI=1S/C17H14N2O4S/c1-19-16(22)13-7-2-10(8-14(13)17(19)23)18-15(21)9-24-12-5-3-11(20)4-6-12/h2-8,20H,9H2,1H3,(H,18,21). The van der Waals surface area contributed by atoms with Gasteiger partial charge in [-0.1, -0.05) is 0 Å². The second-order valence-corrected chi connectivity index (χ2v) is 6.31. The molecule has 1 aliphatic rings. The SMILES string of the molecule is CN1C(=O)c2ccc(NC(=O)CSc3ccc(O)cc3)cc2C1=O. The van der Waals surface area contributed by atoms with Gasteiger partial charge in [0.25, 0.3) is 11.8 Å². The van der Waals surface area contributed by atoms with Gasteiger partial charge in [0.05, 0.1) is 16.9 Å². The number of imide groups is 1. The summed E-state index contributed by atoms with van der Waals surface area (Å²) in [6, 6.07) is 11.2. The topological polar surface area (TPSA) is 86.7 Å². The van der Waals surface area contributed by atoms with Crippen LogP contribution in [0.15, 0.2) is 47.4 Å². The van der Waals surface area contributed by atoms with Crippen LogP contribution >= 0.6 is 11.8 Å². The molecule has 0 unspecified atom stereocenters. The monoisotopic (exact) mass is 342 g/mol. The quantitative estimate of drug-likeness (QED) is 0.658. The predicted molar refractivity (Wildman–Crippen MR) is 90.3 cm³/mol. The Bertz CT molecular complexity index is 833. The normalized spacial score (nSPS) is 13.1. The number of rotatable bonds is 4. The Balaban J connectivity index is 1.64. The third-order valence-corrected chi connectivity index (χ3v) is 4.59. The summed E-state index contributed by atoms with van der Waals surface area (Å²) >= 11 is 1.33. The largest absolute Gasteiger partial charge is 0.508 e. The molecule has 3 amide bonds. The predicted octanol–water partition coefficient (Wildman–Crippen LogP) is 2.35. The second kappa shape index (κ2) is 6.37. The van der Waals surface area contributed by atoms with Crippen molar-refractivity contribution in [3.05, 3.63) is 53.6 Å². The number of amides is 3. The fourth-order valence-electron chi connectivity index (χ4n) is 2.33. The first-order valence-electron chi connectivity index (χ1n) is 7.14. The average molecular weight is 342 g/mol. The van der Waals surface area contributed by atoms with Gasteiger partial charge in [-0.15, -0.1) is 11.8 Å². The maximum atomic E-state index is 12.0. The Labute approximate surface area is 142 Å². The summed E-state index contributed by atoms with van der Waals surface area (Å²) in [6.45, 7) is 0. The van der Waals surface area contributed by atoms with Crippen molar-refractivity contribution in [2.45, 2.75) is 4.90 Å². The Morgan fingerprint density at radius 1 is 1.08 bits per heavy atom. The van der Waals surface area contributed by atoms with E-state index in [1.807, 2.05) is 0 Å². The number of nitrogens with zero attached hydrogens (tertiary/aromatic N) is 1. The van der Waals surface area contributed by atoms with Crippen LogP contribution in [0, 0.1) is 0 Å². The lowest BCUT2D eigenvalue weighted by Crippen LogP contribution is -2.24. The van der Waals surface area contributed by atoms with Gasteiger partial charge in [-0.25, -0.2) is 0 Å². The lowest BCUT2D eigenvalue weighted by molar-refractivity contribution is -0.113. The highest BCUT2D eigenvalue weighted by molar-refractivity contribution is 8.00. The first kappa shape index (κ1) is 16.1. The number of fused-ring (bicyclic) bond motifs is 1. The molecule has 2 aromatic rings. The molecular weight excluding hydrogens is 328 g/mol. The molecule has 1 aliphatic heterocycles. The number of nitrogens with one attached hydrogen (secondary N) is 1. The number of carbonyl (C=O) groups excluding carboxylic acids is 3. The summed E-state index contributed by atoms with van der Waals surface area (Å²) in [5, 5.41) is 11.9. The van der Waals surface area contributed by atoms with Crippen LogP contribution in [0.3, 0.4) is 0 Å². The number of hydrogen-bond acceptors (Lipinski definition) is 5. The molecule has 0 saturated carbocycles. The number of phenols is 1. The van der Waals surface area contributed by atoms with Gasteiger partial charge in [0.2, 0.25) is 5.91 Å². The minimum atomic E-state index is -0.371. The number of anilines is 1. The number of carbonyl (C=O) groups is 3. The Kier molecular flexibility index (Phi) is 4.26. The lowest BCUT2D eigenvalue weighted by Gasteiger charge is -2.06. The van der Waals surface area contributed by atoms with Crippen LogP contribution in [-0.2, 0) is 4.79 Å². The van der Waals surface area contributed by atoms with Gasteiger partial charge in [0, 0.05) is 17.6 Å². The van der Waals surface area contributed by atoms with Crippen molar-refractivity contribution < 1.29 is 19.5 Å². The molecule has 24 heavy (non-hydrogen) atoms. The van der Waals surface area contributed by atoms with Crippen molar-refractivity contribution in [2.24, 2.45) is 0 Å². The zero-order chi connectivity index (χ0) is 17.3. The summed E-state index contributed by atoms with van der Waals surface area (Å²) in [5.41, 5.74) is 1.12. The van der Waals surface area contributed by atoms with Crippen molar-refractivity contribution in [2.75, 3.05) is 18.1 Å². The van der Waals surface area contributed by atoms with Gasteiger partial charge >= 0.3 is 0 Å². The number of thioether (sulfide) groups is 1. The Morgan fingerprint density at radius 3 is 2.46 bits per heavy atom. The van der Waals surface area contributed by atoms with Crippen LogP contribution in [0.25, 0.3) is 0 Å². The molecule has 0 spiro atoms. The minimum absolute atomic E-state index is 0.172. The van der Waals surface area contributed by atoms with Crippen LogP contribution in [-0.4, -0.2) is 40.5 Å². The van der Waals surface area contributed by atoms with E-state index < -0.39 is 0 Å². The fraction of sp³-hybridized carbons (Fsp3) is 0.118. The van der Waals surface area contributed by atoms with Crippen molar-refractivity contribution in [1.82, 2.24) is 4.90 Å². The van der Waals surface area contributed by atoms with Gasteiger partial charge in [0.15, 0.2) is 0 Å². The lowest BCUT2D eigenvalue weighted by atomic mass is 10.1. The maximum absolute atomic E-state index is 12.0. The molecule has 2 aromatic carbocycles. The Morgan fingerprint density at radius 2 is 1.75 bits per heavy atom. The highest BCUT2D eigenvalue weighted by Crippen LogP contribution is 2.25. The van der Waals surface area contributed by atoms with E-state index in [4.69, 9.17) is 0 Å². The van der Waals surface area contributed by atoms with Gasteiger partial charge in [-0.05, 0) is 42.5 Å². The van der Waals surface area contributed by atoms with Crippen LogP contribution in [0.4, 0.5) is 5.69 Å². The minimum Gasteiger partial charge on any atom is -0.508 e. The van der Waals surface area contributed by atoms with E-state index in [1.165, 1.54) is 24.9 Å². The average Bonchev–Trinajstić information content (AvgIpc) is 2.79. The van der Waals surface area contributed by atoms with Crippen LogP contribution in [0.2, 0.25) is 0 Å². The van der Waals surface area contributed by atoms with E-state index in [1.54, 1.807) is 36.4 Å². The third kappa shape index (κ3) is 3.11. The molecule has 0 atom stereocenters. The molecule has 0 saturated heterocycles. The van der Waals surface area contributed by atoms with Crippen LogP contribution in [0.5, 0.6) is 5.75 Å². The summed E-state index contributed by atoms with van der Waals surface area (Å²) < 4.78 is 0. The van der Waals surface area contributed by atoms with E-state index in [0.29, 0.717) is 16.8 Å². The molecular formula is C17H14N2O4S. The van der Waals surface area contributed by atoms with Crippen molar-refractivity contribution in [1.29, 1.82) is 0 Å². The summed E-state index contributed by atoms with van der Waals surface area (Å²) in [6.07, 6.45) is 0. The van der Waals surface area contributed by atoms with Gasteiger partial charge in [-0.2, -0.15) is 0 Å². The van der Waals surface area contributed by atoms with E-state index in [-0.39, 0.29) is 29.2 Å². The molecule has 0 bridgehead atoms. The van der Waals surface area contributed by atoms with Crippen molar-refractivity contribution >= 4 is 35.2 Å². The fourth-order valence-corrected chi connectivity index (χ4v) is 3.03. The first-order chi connectivity index (χ1) is 11.5. The number of hydrogen-bond donors (Lipinski definition) is 2. The molecule has 0 aromatic heterocycles. The molecule has 0 aliphatic carbocycles. The summed E-state index contributed by atoms with van der Waals surface area (Å²) in [7, 11) is 1.43. The van der Waals surface area contributed by atoms with Gasteiger partial charge in [-0.3, -0.25) is 19.3 Å². The molecule has 0 radical (unpaired) electrons. The zero-order valence-electron chi connectivity index (χ0n) is 12.8. The molecule has 7 heteroatoms. The van der Waals surface area contributed by atoms with E-state index in [0.717, 1.165) is 9.80 Å². The van der Waals surface area contributed by atoms with E-state index >= 15 is 0 Å². The van der Waals surface area contributed by atoms with Crippen molar-refractivity contribution in [3.63, 3.8) is 0 Å². The third-order valence-electron chi connectivity index (χ3n) is 3.58. The second-order valence-electron chi connectivity index (χ2n) is 5.26. The molecule has 2 N–H and O–H groups in total. The first-order valence-corrected chi connectivity index (χ1v) is 8.12. The number of phenolic OH excluding ortho intramolecular Hbond substituents is 1. The molecule has 6 nitrogen and oxygen atoms in total. The Hall–Kier alpha value is -2.80. The van der Waals surface area contributed by atoms with E-state index in [9.17, 15) is 19.5 Å². The van der Waals surface area contributed by atoms with Gasteiger partial charge in [0.1, 0.15) is 5.75 Å². The highest BCUT2D eigenvalue weighted by atomic mass is 32.2. The van der Waals surface area contributed by atoms with E-state index in [2.05, 4.69) is 5.32 Å². The smallest absolute Gasteiger partial charge is 0.261 e. The number of aromatic hydroxyl groups is 1. The maximum Gasteiger partial charge on any atom is 0.261 e. The van der Waals surface area contributed by atoms with Gasteiger partial charge < -0.3 is 10.4 Å². The van der Waals surface area contributed by atoms with Crippen molar-refractivity contribution in [3.8, 4) is 5.75 Å². The highest BCUT2D eigenvalue weighted by Gasteiger charge is 2.32. The number of benzene rings is 2. The summed E-state index contributed by atoms with van der Waals surface area (Å²) in [4.78, 5) is 37.7. The van der Waals surface area contributed by atoms with Crippen LogP contribution < -0.4 is 5.32 Å². The molecule has 122 valence electrons. The molecule has 1 heterocycles. The van der Waals surface area contributed by atoms with Crippen LogP contribution in [0.1, 0.15) is 20.7 Å².